The Morgan fingerprint density at radius 2 is 0.800 bits per heavy atom. The number of benzene rings is 6. The number of rotatable bonds is 14. The molecule has 0 aliphatic heterocycles. The Morgan fingerprint density at radius 1 is 0.443 bits per heavy atom. The van der Waals surface area contributed by atoms with E-state index in [0.29, 0.717) is 47.5 Å². The van der Waals surface area contributed by atoms with Crippen LogP contribution in [-0.4, -0.2) is 54.2 Å². The second-order valence-corrected chi connectivity index (χ2v) is 17.3. The normalized spacial score (nSPS) is 11.9. The Kier molecular flexibility index (Phi) is 14.3. The summed E-state index contributed by atoms with van der Waals surface area (Å²) in [4.78, 5) is 45.5. The number of fused-ring (bicyclic) bond motifs is 2. The van der Waals surface area contributed by atoms with Crippen LogP contribution < -0.4 is 33.2 Å². The third-order valence-corrected chi connectivity index (χ3v) is 12.3. The minimum Gasteiger partial charge on any atom is -0.354 e. The molecule has 0 amide bonds. The van der Waals surface area contributed by atoms with E-state index in [1.54, 1.807) is 48.0 Å². The third-order valence-electron chi connectivity index (χ3n) is 12.3. The molecule has 70 heavy (non-hydrogen) atoms. The highest BCUT2D eigenvalue weighted by Gasteiger charge is 2.21. The number of nitrogens with zero attached hydrogens (tertiary/aromatic N) is 6. The smallest absolute Gasteiger partial charge is 0.263 e. The lowest BCUT2D eigenvalue weighted by Gasteiger charge is -2.18. The molecule has 12 nitrogen and oxygen atoms in total. The van der Waals surface area contributed by atoms with Crippen LogP contribution in [0.5, 0.6) is 0 Å². The molecule has 6 aromatic carbocycles. The van der Waals surface area contributed by atoms with Crippen LogP contribution in [0, 0.1) is 0 Å². The molecule has 0 spiro atoms. The van der Waals surface area contributed by atoms with E-state index in [1.165, 1.54) is 11.1 Å². The summed E-state index contributed by atoms with van der Waals surface area (Å²) in [5.74, 6) is 0.963. The van der Waals surface area contributed by atoms with Gasteiger partial charge < -0.3 is 22.1 Å². The van der Waals surface area contributed by atoms with Gasteiger partial charge in [0.15, 0.2) is 0 Å². The number of pyridine rings is 2. The Labute approximate surface area is 406 Å². The quantitative estimate of drug-likeness (QED) is 0.0824. The summed E-state index contributed by atoms with van der Waals surface area (Å²) >= 11 is 0. The zero-order chi connectivity index (χ0) is 48.4. The highest BCUT2D eigenvalue weighted by molar-refractivity contribution is 5.91. The van der Waals surface area contributed by atoms with Gasteiger partial charge in [0.25, 0.3) is 11.1 Å². The maximum atomic E-state index is 13.7. The predicted molar refractivity (Wildman–Crippen MR) is 285 cm³/mol. The Hall–Kier alpha value is -8.58. The van der Waals surface area contributed by atoms with E-state index in [2.05, 4.69) is 57.0 Å². The first-order chi connectivity index (χ1) is 34.2. The van der Waals surface area contributed by atoms with E-state index < -0.39 is 0 Å². The van der Waals surface area contributed by atoms with E-state index in [0.717, 1.165) is 56.6 Å². The van der Waals surface area contributed by atoms with Crippen LogP contribution in [0.2, 0.25) is 0 Å². The summed E-state index contributed by atoms with van der Waals surface area (Å²) in [5, 5.41) is 11.0. The summed E-state index contributed by atoms with van der Waals surface area (Å²) in [6.45, 7) is 0.973. The molecule has 0 aliphatic carbocycles. The molecule has 10 aromatic rings. The van der Waals surface area contributed by atoms with Crippen molar-refractivity contribution in [3.8, 4) is 44.8 Å². The van der Waals surface area contributed by atoms with Crippen LogP contribution in [0.25, 0.3) is 66.3 Å². The third kappa shape index (κ3) is 10.7. The van der Waals surface area contributed by atoms with Crippen LogP contribution in [0.15, 0.2) is 204 Å². The summed E-state index contributed by atoms with van der Waals surface area (Å²) in [6.07, 6.45) is 8.30. The van der Waals surface area contributed by atoms with Crippen molar-refractivity contribution in [3.63, 3.8) is 0 Å². The minimum absolute atomic E-state index is 0.124. The molecular weight excluding hydrogens is 869 g/mol. The lowest BCUT2D eigenvalue weighted by atomic mass is 9.98. The fourth-order valence-corrected chi connectivity index (χ4v) is 8.59. The number of anilines is 2. The Balaban J connectivity index is 0.000000174. The number of hydrogen-bond donors (Lipinski definition) is 4. The van der Waals surface area contributed by atoms with Crippen molar-refractivity contribution < 1.29 is 0 Å². The molecule has 0 bridgehead atoms. The molecule has 0 saturated carbocycles. The van der Waals surface area contributed by atoms with Crippen LogP contribution in [0.3, 0.4) is 0 Å². The van der Waals surface area contributed by atoms with Gasteiger partial charge in [0, 0.05) is 75.2 Å². The number of nitrogens with one attached hydrogen (secondary N) is 2. The highest BCUT2D eigenvalue weighted by atomic mass is 16.1. The Bertz CT molecular complexity index is 3260. The highest BCUT2D eigenvalue weighted by Crippen LogP contribution is 2.32. The molecule has 0 unspecified atom stereocenters. The molecule has 12 heteroatoms. The standard InChI is InChI=1S/2C29H27N5O/c2*1-34-28(35)26(24-12-11-21-9-5-6-10-23(21)18-24)27(22-13-15-31-16-14-22)33-29(34)32-19-25(30)17-20-7-3-2-4-8-20/h2*2-16,18,25H,17,19,30H2,1H3,(H,32,33)/t2*25-/m00/s1. The monoisotopic (exact) mass is 922 g/mol. The average Bonchev–Trinajstić information content (AvgIpc) is 3.40. The molecule has 4 heterocycles. The van der Waals surface area contributed by atoms with Gasteiger partial charge in [-0.2, -0.15) is 0 Å². The SMILES string of the molecule is Cn1c(NC[C@@H](N)Cc2ccccc2)nc(-c2ccncc2)c(-c2ccc3ccccc3c2)c1=O.Cn1c(NC[C@@H](N)Cc2ccccc2)nc(-c2ccncc2)c(-c2ccc3ccccc3c2)c1=O. The fraction of sp³-hybridized carbons (Fsp3) is 0.138. The number of hydrogen-bond acceptors (Lipinski definition) is 10. The molecule has 2 atom stereocenters. The van der Waals surface area contributed by atoms with Crippen molar-refractivity contribution in [1.29, 1.82) is 0 Å². The largest absolute Gasteiger partial charge is 0.354 e. The minimum atomic E-state index is -0.126. The van der Waals surface area contributed by atoms with Crippen LogP contribution in [0.4, 0.5) is 11.9 Å². The molecule has 0 aliphatic rings. The zero-order valence-electron chi connectivity index (χ0n) is 39.1. The van der Waals surface area contributed by atoms with Crippen molar-refractivity contribution in [2.75, 3.05) is 23.7 Å². The molecule has 10 rings (SSSR count). The van der Waals surface area contributed by atoms with Crippen molar-refractivity contribution in [3.05, 3.63) is 226 Å². The van der Waals surface area contributed by atoms with E-state index in [1.807, 2.05) is 133 Å². The van der Waals surface area contributed by atoms with E-state index in [9.17, 15) is 9.59 Å². The van der Waals surface area contributed by atoms with Crippen LogP contribution in [0.1, 0.15) is 11.1 Å². The van der Waals surface area contributed by atoms with Gasteiger partial charge >= 0.3 is 0 Å². The molecule has 4 aromatic heterocycles. The molecule has 6 N–H and O–H groups in total. The van der Waals surface area contributed by atoms with Gasteiger partial charge in [-0.25, -0.2) is 9.97 Å². The molecule has 348 valence electrons. The van der Waals surface area contributed by atoms with Crippen molar-refractivity contribution >= 4 is 33.4 Å². The van der Waals surface area contributed by atoms with Crippen molar-refractivity contribution in [2.45, 2.75) is 24.9 Å². The van der Waals surface area contributed by atoms with Crippen LogP contribution >= 0.6 is 0 Å². The summed E-state index contributed by atoms with van der Waals surface area (Å²) < 4.78 is 3.12. The van der Waals surface area contributed by atoms with Gasteiger partial charge in [-0.15, -0.1) is 0 Å². The zero-order valence-corrected chi connectivity index (χ0v) is 39.1. The second kappa shape index (κ2) is 21.6. The van der Waals surface area contributed by atoms with Gasteiger partial charge in [-0.1, -0.05) is 133 Å². The summed E-state index contributed by atoms with van der Waals surface area (Å²) in [7, 11) is 3.47. The summed E-state index contributed by atoms with van der Waals surface area (Å²) in [6, 6.07) is 55.9. The van der Waals surface area contributed by atoms with Gasteiger partial charge in [0.2, 0.25) is 11.9 Å². The average molecular weight is 923 g/mol. The second-order valence-electron chi connectivity index (χ2n) is 17.3. The first-order valence-electron chi connectivity index (χ1n) is 23.3. The molecule has 0 saturated heterocycles. The van der Waals surface area contributed by atoms with Gasteiger partial charge in [0.1, 0.15) is 0 Å². The van der Waals surface area contributed by atoms with Gasteiger partial charge in [-0.05, 0) is 93.0 Å². The maximum absolute atomic E-state index is 13.7. The van der Waals surface area contributed by atoms with Crippen LogP contribution in [-0.2, 0) is 26.9 Å². The van der Waals surface area contributed by atoms with E-state index in [4.69, 9.17) is 21.4 Å². The van der Waals surface area contributed by atoms with Gasteiger partial charge in [-0.3, -0.25) is 28.7 Å². The summed E-state index contributed by atoms with van der Waals surface area (Å²) in [5.41, 5.74) is 20.5. The molecular formula is C58H54N10O2. The first kappa shape index (κ1) is 46.5. The molecule has 0 fully saturated rings. The van der Waals surface area contributed by atoms with E-state index >= 15 is 0 Å². The number of aromatic nitrogens is 6. The predicted octanol–water partition coefficient (Wildman–Crippen LogP) is 9.29. The van der Waals surface area contributed by atoms with Crippen molar-refractivity contribution in [1.82, 2.24) is 29.1 Å². The number of nitrogens with two attached hydrogens (primary N) is 2. The lowest BCUT2D eigenvalue weighted by molar-refractivity contribution is 0.688. The van der Waals surface area contributed by atoms with Gasteiger partial charge in [0.05, 0.1) is 22.5 Å². The fourth-order valence-electron chi connectivity index (χ4n) is 8.59. The topological polar surface area (TPSA) is 172 Å². The maximum Gasteiger partial charge on any atom is 0.263 e. The first-order valence-corrected chi connectivity index (χ1v) is 23.3. The lowest BCUT2D eigenvalue weighted by Crippen LogP contribution is -2.34. The van der Waals surface area contributed by atoms with Crippen molar-refractivity contribution in [2.24, 2.45) is 25.6 Å². The van der Waals surface area contributed by atoms with E-state index in [-0.39, 0.29) is 23.2 Å². The molecule has 0 radical (unpaired) electrons. The Morgan fingerprint density at radius 3 is 1.19 bits per heavy atom.